The van der Waals surface area contributed by atoms with Crippen LogP contribution in [0.2, 0.25) is 0 Å². The zero-order valence-corrected chi connectivity index (χ0v) is 22.6. The molecule has 1 aromatic heterocycles. The summed E-state index contributed by atoms with van der Waals surface area (Å²) in [4.78, 5) is 48.0. The lowest BCUT2D eigenvalue weighted by molar-refractivity contribution is -0.120. The number of fused-ring (bicyclic) bond motifs is 4. The molecule has 8 heteroatoms. The summed E-state index contributed by atoms with van der Waals surface area (Å²) < 4.78 is 13.2. The Morgan fingerprint density at radius 2 is 1.60 bits per heavy atom. The zero-order chi connectivity index (χ0) is 28.8. The SMILES string of the molecule is O=C(NCCc1ccc(F)cc1)c1ccccc1N1C(=O)[C@@H]2Cc3c([nH]c4ccccc34)[C@@H](c3ccccc3)N2C1=O. The first-order valence-corrected chi connectivity index (χ1v) is 13.9. The summed E-state index contributed by atoms with van der Waals surface area (Å²) in [5.74, 6) is -1.07. The average Bonchev–Trinajstić information content (AvgIpc) is 3.51. The number of imide groups is 1. The van der Waals surface area contributed by atoms with Gasteiger partial charge in [-0.25, -0.2) is 14.1 Å². The number of anilines is 1. The highest BCUT2D eigenvalue weighted by atomic mass is 19.1. The number of rotatable bonds is 6. The van der Waals surface area contributed by atoms with Crippen molar-refractivity contribution in [3.63, 3.8) is 0 Å². The second-order valence-corrected chi connectivity index (χ2v) is 10.6. The van der Waals surface area contributed by atoms with Gasteiger partial charge < -0.3 is 10.3 Å². The number of hydrogen-bond donors (Lipinski definition) is 2. The predicted molar refractivity (Wildman–Crippen MR) is 158 cm³/mol. The summed E-state index contributed by atoms with van der Waals surface area (Å²) in [7, 11) is 0. The van der Waals surface area contributed by atoms with Crippen molar-refractivity contribution in [2.24, 2.45) is 0 Å². The van der Waals surface area contributed by atoms with Crippen molar-refractivity contribution in [3.8, 4) is 0 Å². The van der Waals surface area contributed by atoms with Crippen LogP contribution in [0.1, 0.15) is 38.8 Å². The Labute approximate surface area is 241 Å². The minimum absolute atomic E-state index is 0.235. The Kier molecular flexibility index (Phi) is 6.31. The smallest absolute Gasteiger partial charge is 0.332 e. The van der Waals surface area contributed by atoms with Gasteiger partial charge in [0.2, 0.25) is 0 Å². The van der Waals surface area contributed by atoms with Gasteiger partial charge in [-0.1, -0.05) is 72.8 Å². The fourth-order valence-electron chi connectivity index (χ4n) is 6.21. The molecule has 0 saturated carbocycles. The third-order valence-corrected chi connectivity index (χ3v) is 8.17. The van der Waals surface area contributed by atoms with E-state index in [1.165, 1.54) is 12.1 Å². The summed E-state index contributed by atoms with van der Waals surface area (Å²) in [6.45, 7) is 0.313. The molecule has 42 heavy (non-hydrogen) atoms. The number of nitrogens with zero attached hydrogens (tertiary/aromatic N) is 2. The molecule has 1 saturated heterocycles. The van der Waals surface area contributed by atoms with Gasteiger partial charge in [0.1, 0.15) is 17.9 Å². The Morgan fingerprint density at radius 1 is 0.881 bits per heavy atom. The molecule has 0 radical (unpaired) electrons. The number of para-hydroxylation sites is 2. The van der Waals surface area contributed by atoms with Crippen molar-refractivity contribution in [1.82, 2.24) is 15.2 Å². The molecule has 2 N–H and O–H groups in total. The first-order valence-electron chi connectivity index (χ1n) is 13.9. The van der Waals surface area contributed by atoms with Crippen molar-refractivity contribution in [3.05, 3.63) is 137 Å². The van der Waals surface area contributed by atoms with Gasteiger partial charge in [0.15, 0.2) is 0 Å². The molecular weight excluding hydrogens is 531 g/mol. The molecule has 7 rings (SSSR count). The molecule has 2 aliphatic heterocycles. The number of amides is 4. The van der Waals surface area contributed by atoms with Crippen LogP contribution in [-0.2, 0) is 17.6 Å². The molecule has 0 unspecified atom stereocenters. The van der Waals surface area contributed by atoms with Crippen LogP contribution in [0, 0.1) is 5.82 Å². The largest absolute Gasteiger partial charge is 0.356 e. The number of nitrogens with one attached hydrogen (secondary N) is 2. The predicted octanol–water partition coefficient (Wildman–Crippen LogP) is 5.76. The molecule has 3 heterocycles. The molecule has 2 aliphatic rings. The van der Waals surface area contributed by atoms with Gasteiger partial charge in [0, 0.05) is 29.6 Å². The van der Waals surface area contributed by atoms with E-state index < -0.39 is 24.0 Å². The maximum Gasteiger partial charge on any atom is 0.332 e. The summed E-state index contributed by atoms with van der Waals surface area (Å²) in [6.07, 6.45) is 0.881. The number of H-pyrrole nitrogens is 1. The van der Waals surface area contributed by atoms with Crippen LogP contribution < -0.4 is 10.2 Å². The summed E-state index contributed by atoms with van der Waals surface area (Å²) >= 11 is 0. The first kappa shape index (κ1) is 25.7. The Morgan fingerprint density at radius 3 is 2.40 bits per heavy atom. The first-order chi connectivity index (χ1) is 20.5. The van der Waals surface area contributed by atoms with Gasteiger partial charge in [-0.3, -0.25) is 14.5 Å². The molecule has 2 atom stereocenters. The Bertz CT molecular complexity index is 1830. The van der Waals surface area contributed by atoms with Gasteiger partial charge in [-0.05, 0) is 53.4 Å². The van der Waals surface area contributed by atoms with Crippen LogP contribution in [0.5, 0.6) is 0 Å². The van der Waals surface area contributed by atoms with Crippen molar-refractivity contribution in [2.45, 2.75) is 24.9 Å². The molecule has 1 fully saturated rings. The molecular formula is C34H27FN4O3. The van der Waals surface area contributed by atoms with E-state index in [1.807, 2.05) is 54.6 Å². The Balaban J connectivity index is 1.22. The van der Waals surface area contributed by atoms with Crippen molar-refractivity contribution in [1.29, 1.82) is 0 Å². The van der Waals surface area contributed by atoms with Gasteiger partial charge >= 0.3 is 6.03 Å². The van der Waals surface area contributed by atoms with E-state index in [0.29, 0.717) is 19.4 Å². The number of aromatic amines is 1. The van der Waals surface area contributed by atoms with Gasteiger partial charge in [-0.2, -0.15) is 0 Å². The minimum atomic E-state index is -0.719. The van der Waals surface area contributed by atoms with Crippen LogP contribution in [0.4, 0.5) is 14.9 Å². The number of carbonyl (C=O) groups is 3. The van der Waals surface area contributed by atoms with E-state index in [1.54, 1.807) is 41.3 Å². The second kappa shape index (κ2) is 10.3. The fourth-order valence-corrected chi connectivity index (χ4v) is 6.21. The van der Waals surface area contributed by atoms with E-state index in [-0.39, 0.29) is 23.0 Å². The third kappa shape index (κ3) is 4.23. The van der Waals surface area contributed by atoms with Crippen LogP contribution in [0.25, 0.3) is 10.9 Å². The molecule has 4 amide bonds. The maximum absolute atomic E-state index is 14.2. The number of halogens is 1. The summed E-state index contributed by atoms with van der Waals surface area (Å²) in [5, 5.41) is 3.92. The van der Waals surface area contributed by atoms with Crippen LogP contribution in [-0.4, -0.2) is 40.3 Å². The van der Waals surface area contributed by atoms with Gasteiger partial charge in [0.25, 0.3) is 11.8 Å². The van der Waals surface area contributed by atoms with E-state index in [2.05, 4.69) is 10.3 Å². The van der Waals surface area contributed by atoms with E-state index in [0.717, 1.165) is 38.2 Å². The molecule has 7 nitrogen and oxygen atoms in total. The summed E-state index contributed by atoms with van der Waals surface area (Å²) in [6, 6.07) is 28.8. The number of aromatic nitrogens is 1. The molecule has 5 aromatic rings. The van der Waals surface area contributed by atoms with Crippen molar-refractivity contribution >= 4 is 34.4 Å². The average molecular weight is 559 g/mol. The zero-order valence-electron chi connectivity index (χ0n) is 22.6. The highest BCUT2D eigenvalue weighted by Crippen LogP contribution is 2.45. The van der Waals surface area contributed by atoms with E-state index >= 15 is 0 Å². The third-order valence-electron chi connectivity index (χ3n) is 8.17. The van der Waals surface area contributed by atoms with Crippen LogP contribution >= 0.6 is 0 Å². The summed E-state index contributed by atoms with van der Waals surface area (Å²) in [5.41, 5.74) is 5.15. The number of benzene rings is 4. The molecule has 0 aliphatic carbocycles. The normalized spacial score (nSPS) is 17.8. The molecule has 0 spiro atoms. The minimum Gasteiger partial charge on any atom is -0.356 e. The quantitative estimate of drug-likeness (QED) is 0.260. The standard InChI is InChI=1S/C34H27FN4O3/c35-23-16-14-21(15-17-23)18-19-36-32(40)25-11-5-7-13-28(25)39-33(41)29-20-26-24-10-4-6-12-27(24)37-30(26)31(38(29)34(39)42)22-8-2-1-3-9-22/h1-17,29,31,37H,18-20H2,(H,36,40)/t29-,31+/m0/s1. The highest BCUT2D eigenvalue weighted by molar-refractivity contribution is 6.24. The molecule has 0 bridgehead atoms. The van der Waals surface area contributed by atoms with Crippen molar-refractivity contribution < 1.29 is 18.8 Å². The topological polar surface area (TPSA) is 85.5 Å². The van der Waals surface area contributed by atoms with Crippen molar-refractivity contribution in [2.75, 3.05) is 11.4 Å². The monoisotopic (exact) mass is 558 g/mol. The van der Waals surface area contributed by atoms with E-state index in [9.17, 15) is 18.8 Å². The van der Waals surface area contributed by atoms with Crippen LogP contribution in [0.15, 0.2) is 103 Å². The lowest BCUT2D eigenvalue weighted by Crippen LogP contribution is -2.44. The fraction of sp³-hybridized carbons (Fsp3) is 0.147. The molecule has 208 valence electrons. The maximum atomic E-state index is 14.2. The van der Waals surface area contributed by atoms with E-state index in [4.69, 9.17) is 0 Å². The lowest BCUT2D eigenvalue weighted by atomic mass is 9.89. The number of urea groups is 1. The Hall–Kier alpha value is -5.24. The van der Waals surface area contributed by atoms with Crippen LogP contribution in [0.3, 0.4) is 0 Å². The number of carbonyl (C=O) groups excluding carboxylic acids is 3. The van der Waals surface area contributed by atoms with Gasteiger partial charge in [-0.15, -0.1) is 0 Å². The second-order valence-electron chi connectivity index (χ2n) is 10.6. The number of hydrogen-bond acceptors (Lipinski definition) is 3. The van der Waals surface area contributed by atoms with Gasteiger partial charge in [0.05, 0.1) is 11.3 Å². The lowest BCUT2D eigenvalue weighted by Gasteiger charge is -2.36. The molecule has 4 aromatic carbocycles. The highest BCUT2D eigenvalue weighted by Gasteiger charge is 2.53.